The summed E-state index contributed by atoms with van der Waals surface area (Å²) in [6.45, 7) is 1.46. The number of para-hydroxylation sites is 1. The second-order valence-corrected chi connectivity index (χ2v) is 7.31. The molecule has 0 aliphatic heterocycles. The van der Waals surface area contributed by atoms with Gasteiger partial charge in [-0.25, -0.2) is 4.39 Å². The van der Waals surface area contributed by atoms with E-state index in [4.69, 9.17) is 22.1 Å². The molecule has 0 bridgehead atoms. The molecule has 0 aliphatic rings. The van der Waals surface area contributed by atoms with Crippen LogP contribution in [0.1, 0.15) is 27.9 Å². The van der Waals surface area contributed by atoms with E-state index in [0.29, 0.717) is 48.0 Å². The van der Waals surface area contributed by atoms with Gasteiger partial charge in [0.2, 0.25) is 0 Å². The van der Waals surface area contributed by atoms with Crippen LogP contribution >= 0.6 is 11.6 Å². The molecule has 0 unspecified atom stereocenters. The zero-order valence-electron chi connectivity index (χ0n) is 16.6. The van der Waals surface area contributed by atoms with Crippen molar-refractivity contribution in [2.24, 2.45) is 5.73 Å². The van der Waals surface area contributed by atoms with Crippen LogP contribution in [0.5, 0.6) is 5.75 Å². The molecule has 0 atom stereocenters. The quantitative estimate of drug-likeness (QED) is 0.521. The first-order valence-corrected chi connectivity index (χ1v) is 10.2. The predicted octanol–water partition coefficient (Wildman–Crippen LogP) is 5.05. The maximum Gasteiger partial charge on any atom is 0.257 e. The standard InChI is InChI=1S/C24H24ClFN2O2/c25-20-12-10-18(11-13-20)16-28(15-5-14-27)24(29)21-7-2-4-9-23(21)30-17-19-6-1-3-8-22(19)26/h1-4,6-13H,5,14-17,27H2. The van der Waals surface area contributed by atoms with Crippen molar-refractivity contribution in [1.82, 2.24) is 4.90 Å². The molecule has 3 aromatic carbocycles. The van der Waals surface area contributed by atoms with Crippen LogP contribution in [-0.4, -0.2) is 23.9 Å². The fourth-order valence-corrected chi connectivity index (χ4v) is 3.18. The van der Waals surface area contributed by atoms with Gasteiger partial charge in [-0.2, -0.15) is 0 Å². The average Bonchev–Trinajstić information content (AvgIpc) is 2.77. The Morgan fingerprint density at radius 1 is 1.00 bits per heavy atom. The van der Waals surface area contributed by atoms with Crippen LogP contribution in [0.4, 0.5) is 4.39 Å². The molecule has 1 amide bonds. The topological polar surface area (TPSA) is 55.6 Å². The number of hydrogen-bond acceptors (Lipinski definition) is 3. The van der Waals surface area contributed by atoms with Gasteiger partial charge in [-0.1, -0.05) is 54.1 Å². The minimum Gasteiger partial charge on any atom is -0.488 e. The van der Waals surface area contributed by atoms with Crippen molar-refractivity contribution in [3.63, 3.8) is 0 Å². The minimum absolute atomic E-state index is 0.0386. The van der Waals surface area contributed by atoms with Gasteiger partial charge >= 0.3 is 0 Å². The van der Waals surface area contributed by atoms with Crippen LogP contribution in [0.3, 0.4) is 0 Å². The maximum absolute atomic E-state index is 13.9. The summed E-state index contributed by atoms with van der Waals surface area (Å²) < 4.78 is 19.7. The summed E-state index contributed by atoms with van der Waals surface area (Å²) >= 11 is 5.97. The SMILES string of the molecule is NCCCN(Cc1ccc(Cl)cc1)C(=O)c1ccccc1OCc1ccccc1F. The molecular formula is C24H24ClFN2O2. The van der Waals surface area contributed by atoms with E-state index >= 15 is 0 Å². The Bertz CT molecular complexity index is 979. The average molecular weight is 427 g/mol. The van der Waals surface area contributed by atoms with Crippen molar-refractivity contribution >= 4 is 17.5 Å². The monoisotopic (exact) mass is 426 g/mol. The third-order valence-corrected chi connectivity index (χ3v) is 4.92. The van der Waals surface area contributed by atoms with Gasteiger partial charge in [0, 0.05) is 23.7 Å². The van der Waals surface area contributed by atoms with Crippen molar-refractivity contribution in [3.05, 3.63) is 100 Å². The summed E-state index contributed by atoms with van der Waals surface area (Å²) in [4.78, 5) is 15.1. The Balaban J connectivity index is 1.79. The fourth-order valence-electron chi connectivity index (χ4n) is 3.06. The first-order chi connectivity index (χ1) is 14.6. The van der Waals surface area contributed by atoms with E-state index in [1.54, 1.807) is 59.5 Å². The van der Waals surface area contributed by atoms with E-state index in [2.05, 4.69) is 0 Å². The number of nitrogens with zero attached hydrogens (tertiary/aromatic N) is 1. The molecule has 3 aromatic rings. The Hall–Kier alpha value is -2.89. The Morgan fingerprint density at radius 3 is 2.43 bits per heavy atom. The van der Waals surface area contributed by atoms with E-state index in [9.17, 15) is 9.18 Å². The molecule has 0 saturated heterocycles. The van der Waals surface area contributed by atoms with Crippen LogP contribution in [0.2, 0.25) is 5.02 Å². The molecule has 0 heterocycles. The van der Waals surface area contributed by atoms with Gasteiger partial charge in [0.1, 0.15) is 18.2 Å². The molecule has 0 radical (unpaired) electrons. The van der Waals surface area contributed by atoms with Crippen molar-refractivity contribution in [2.75, 3.05) is 13.1 Å². The number of rotatable bonds is 9. The van der Waals surface area contributed by atoms with Gasteiger partial charge in [-0.3, -0.25) is 4.79 Å². The Kier molecular flexibility index (Phi) is 7.82. The van der Waals surface area contributed by atoms with E-state index < -0.39 is 0 Å². The van der Waals surface area contributed by atoms with E-state index in [0.717, 1.165) is 5.56 Å². The second kappa shape index (κ2) is 10.8. The zero-order valence-corrected chi connectivity index (χ0v) is 17.3. The highest BCUT2D eigenvalue weighted by atomic mass is 35.5. The second-order valence-electron chi connectivity index (χ2n) is 6.87. The molecule has 0 saturated carbocycles. The molecule has 0 spiro atoms. The minimum atomic E-state index is -0.339. The van der Waals surface area contributed by atoms with Gasteiger partial charge in [0.05, 0.1) is 5.56 Å². The lowest BCUT2D eigenvalue weighted by Crippen LogP contribution is -2.32. The van der Waals surface area contributed by atoms with Crippen LogP contribution in [0.15, 0.2) is 72.8 Å². The Morgan fingerprint density at radius 2 is 1.70 bits per heavy atom. The number of halogens is 2. The van der Waals surface area contributed by atoms with Gasteiger partial charge in [-0.05, 0) is 48.9 Å². The predicted molar refractivity (Wildman–Crippen MR) is 117 cm³/mol. The molecule has 30 heavy (non-hydrogen) atoms. The van der Waals surface area contributed by atoms with Crippen LogP contribution in [0.25, 0.3) is 0 Å². The summed E-state index contributed by atoms with van der Waals surface area (Å²) in [5.41, 5.74) is 7.50. The number of ether oxygens (including phenoxy) is 1. The third kappa shape index (κ3) is 5.81. The van der Waals surface area contributed by atoms with Crippen LogP contribution < -0.4 is 10.5 Å². The zero-order chi connectivity index (χ0) is 21.3. The Labute approximate surface area is 181 Å². The van der Waals surface area contributed by atoms with Gasteiger partial charge in [-0.15, -0.1) is 0 Å². The lowest BCUT2D eigenvalue weighted by Gasteiger charge is -2.24. The molecule has 0 aliphatic carbocycles. The molecule has 3 rings (SSSR count). The molecule has 6 heteroatoms. The lowest BCUT2D eigenvalue weighted by atomic mass is 10.1. The highest BCUT2D eigenvalue weighted by Gasteiger charge is 2.20. The summed E-state index contributed by atoms with van der Waals surface area (Å²) in [5.74, 6) is -0.0873. The number of amides is 1. The van der Waals surface area contributed by atoms with Crippen LogP contribution in [0, 0.1) is 5.82 Å². The summed E-state index contributed by atoms with van der Waals surface area (Å²) in [6, 6.07) is 20.8. The fraction of sp³-hybridized carbons (Fsp3) is 0.208. The summed E-state index contributed by atoms with van der Waals surface area (Å²) in [6.07, 6.45) is 0.678. The normalized spacial score (nSPS) is 10.6. The van der Waals surface area contributed by atoms with E-state index in [-0.39, 0.29) is 18.3 Å². The van der Waals surface area contributed by atoms with Gasteiger partial charge in [0.25, 0.3) is 5.91 Å². The summed E-state index contributed by atoms with van der Waals surface area (Å²) in [5, 5.41) is 0.644. The van der Waals surface area contributed by atoms with Crippen molar-refractivity contribution in [1.29, 1.82) is 0 Å². The molecule has 0 fully saturated rings. The lowest BCUT2D eigenvalue weighted by molar-refractivity contribution is 0.0737. The van der Waals surface area contributed by atoms with Crippen molar-refractivity contribution < 1.29 is 13.9 Å². The van der Waals surface area contributed by atoms with Crippen molar-refractivity contribution in [2.45, 2.75) is 19.6 Å². The molecule has 4 nitrogen and oxygen atoms in total. The van der Waals surface area contributed by atoms with E-state index in [1.165, 1.54) is 6.07 Å². The number of carbonyl (C=O) groups excluding carboxylic acids is 1. The first-order valence-electron chi connectivity index (χ1n) is 9.77. The smallest absolute Gasteiger partial charge is 0.257 e. The first kappa shape index (κ1) is 21.8. The largest absolute Gasteiger partial charge is 0.488 e. The highest BCUT2D eigenvalue weighted by Crippen LogP contribution is 2.23. The number of benzene rings is 3. The molecule has 0 aromatic heterocycles. The number of hydrogen-bond donors (Lipinski definition) is 1. The maximum atomic E-state index is 13.9. The highest BCUT2D eigenvalue weighted by molar-refractivity contribution is 6.30. The summed E-state index contributed by atoms with van der Waals surface area (Å²) in [7, 11) is 0. The molecular weight excluding hydrogens is 403 g/mol. The molecule has 2 N–H and O–H groups in total. The van der Waals surface area contributed by atoms with Gasteiger partial charge < -0.3 is 15.4 Å². The van der Waals surface area contributed by atoms with E-state index in [1.807, 2.05) is 12.1 Å². The van der Waals surface area contributed by atoms with Gasteiger partial charge in [0.15, 0.2) is 0 Å². The number of nitrogens with two attached hydrogens (primary N) is 1. The third-order valence-electron chi connectivity index (χ3n) is 4.66. The number of carbonyl (C=O) groups is 1. The molecule has 156 valence electrons. The van der Waals surface area contributed by atoms with Crippen molar-refractivity contribution in [3.8, 4) is 5.75 Å². The van der Waals surface area contributed by atoms with Crippen LogP contribution in [-0.2, 0) is 13.2 Å².